The number of alkyl carbamates (subject to hydrolysis) is 1. The number of alkyl halides is 3. The third-order valence-electron chi connectivity index (χ3n) is 4.26. The van der Waals surface area contributed by atoms with Crippen molar-refractivity contribution in [3.05, 3.63) is 29.6 Å². The number of hydrogen-bond acceptors (Lipinski definition) is 6. The predicted octanol–water partition coefficient (Wildman–Crippen LogP) is 1.30. The Morgan fingerprint density at radius 2 is 2.00 bits per heavy atom. The number of benzene rings is 1. The summed E-state index contributed by atoms with van der Waals surface area (Å²) in [4.78, 5) is 22.8. The van der Waals surface area contributed by atoms with Crippen LogP contribution in [0.3, 0.4) is 0 Å². The number of anilines is 1. The Labute approximate surface area is 170 Å². The van der Waals surface area contributed by atoms with E-state index in [1.165, 1.54) is 12.1 Å². The Balaban J connectivity index is 1.83. The molecule has 0 unspecified atom stereocenters. The normalized spacial score (nSPS) is 19.2. The molecular weight excluding hydrogens is 412 g/mol. The molecule has 2 amide bonds. The van der Waals surface area contributed by atoms with E-state index in [9.17, 15) is 27.2 Å². The summed E-state index contributed by atoms with van der Waals surface area (Å²) in [7, 11) is 0. The van der Waals surface area contributed by atoms with Crippen molar-refractivity contribution >= 4 is 17.7 Å². The summed E-state index contributed by atoms with van der Waals surface area (Å²) in [6, 6.07) is 4.33. The molecular formula is C18H24F4N4O4. The maximum absolute atomic E-state index is 14.2. The third-order valence-corrected chi connectivity index (χ3v) is 4.26. The number of nitrogens with two attached hydrogens (primary N) is 1. The van der Waals surface area contributed by atoms with E-state index in [-0.39, 0.29) is 25.7 Å². The van der Waals surface area contributed by atoms with Crippen molar-refractivity contribution in [3.8, 4) is 0 Å². The van der Waals surface area contributed by atoms with Crippen molar-refractivity contribution in [1.82, 2.24) is 10.6 Å². The monoisotopic (exact) mass is 436 g/mol. The molecule has 1 aliphatic rings. The molecule has 30 heavy (non-hydrogen) atoms. The van der Waals surface area contributed by atoms with E-state index in [4.69, 9.17) is 15.2 Å². The van der Waals surface area contributed by atoms with Crippen LogP contribution in [0.15, 0.2) is 18.2 Å². The van der Waals surface area contributed by atoms with Gasteiger partial charge in [-0.15, -0.1) is 0 Å². The lowest BCUT2D eigenvalue weighted by Gasteiger charge is -2.30. The number of nitrogens with one attached hydrogen (secondary N) is 3. The van der Waals surface area contributed by atoms with Gasteiger partial charge in [0.1, 0.15) is 25.1 Å². The summed E-state index contributed by atoms with van der Waals surface area (Å²) in [6.07, 6.45) is -5.96. The zero-order valence-corrected chi connectivity index (χ0v) is 16.1. The first-order valence-electron chi connectivity index (χ1n) is 9.28. The largest absolute Gasteiger partial charge is 0.447 e. The second-order valence-electron chi connectivity index (χ2n) is 6.66. The molecule has 1 fully saturated rings. The number of carbonyl (C=O) groups is 2. The molecule has 2 rings (SSSR count). The van der Waals surface area contributed by atoms with E-state index in [0.717, 1.165) is 0 Å². The average Bonchev–Trinajstić information content (AvgIpc) is 2.70. The zero-order chi connectivity index (χ0) is 22.1. The summed E-state index contributed by atoms with van der Waals surface area (Å²) < 4.78 is 61.0. The molecule has 5 N–H and O–H groups in total. The van der Waals surface area contributed by atoms with Crippen LogP contribution < -0.4 is 21.7 Å². The van der Waals surface area contributed by atoms with Gasteiger partial charge in [0.2, 0.25) is 5.91 Å². The van der Waals surface area contributed by atoms with Gasteiger partial charge in [-0.2, -0.15) is 13.2 Å². The molecule has 1 heterocycles. The maximum Gasteiger partial charge on any atom is 0.407 e. The fourth-order valence-corrected chi connectivity index (χ4v) is 2.87. The van der Waals surface area contributed by atoms with Crippen LogP contribution in [0.2, 0.25) is 0 Å². The Morgan fingerprint density at radius 1 is 1.27 bits per heavy atom. The van der Waals surface area contributed by atoms with Crippen LogP contribution in [0, 0.1) is 5.82 Å². The summed E-state index contributed by atoms with van der Waals surface area (Å²) in [6.45, 7) is -1.13. The van der Waals surface area contributed by atoms with Crippen molar-refractivity contribution in [2.45, 2.75) is 31.2 Å². The fraction of sp³-hybridized carbons (Fsp3) is 0.556. The summed E-state index contributed by atoms with van der Waals surface area (Å²) in [5.74, 6) is -0.923. The van der Waals surface area contributed by atoms with Crippen molar-refractivity contribution < 1.29 is 36.6 Å². The van der Waals surface area contributed by atoms with Gasteiger partial charge in [0, 0.05) is 24.3 Å². The van der Waals surface area contributed by atoms with Crippen molar-refractivity contribution in [2.24, 2.45) is 5.73 Å². The minimum atomic E-state index is -4.53. The summed E-state index contributed by atoms with van der Waals surface area (Å²) in [5.41, 5.74) is 5.92. The molecule has 1 aromatic rings. The first-order valence-corrected chi connectivity index (χ1v) is 9.28. The number of carbonyl (C=O) groups excluding carboxylic acids is 2. The van der Waals surface area contributed by atoms with Gasteiger partial charge in [-0.3, -0.25) is 4.79 Å². The van der Waals surface area contributed by atoms with Crippen LogP contribution in [0.1, 0.15) is 12.0 Å². The number of morpholine rings is 1. The van der Waals surface area contributed by atoms with Crippen LogP contribution >= 0.6 is 0 Å². The lowest BCUT2D eigenvalue weighted by Crippen LogP contribution is -2.47. The Morgan fingerprint density at radius 3 is 2.70 bits per heavy atom. The van der Waals surface area contributed by atoms with Gasteiger partial charge >= 0.3 is 12.3 Å². The van der Waals surface area contributed by atoms with E-state index in [1.807, 2.05) is 0 Å². The second-order valence-corrected chi connectivity index (χ2v) is 6.66. The minimum Gasteiger partial charge on any atom is -0.447 e. The highest BCUT2D eigenvalue weighted by Crippen LogP contribution is 2.22. The van der Waals surface area contributed by atoms with Gasteiger partial charge in [-0.1, -0.05) is 6.07 Å². The Kier molecular flexibility index (Phi) is 8.81. The van der Waals surface area contributed by atoms with Crippen LogP contribution in [-0.2, 0) is 20.7 Å². The molecule has 8 nitrogen and oxygen atoms in total. The summed E-state index contributed by atoms with van der Waals surface area (Å²) in [5, 5.41) is 7.23. The lowest BCUT2D eigenvalue weighted by molar-refractivity contribution is -0.124. The third kappa shape index (κ3) is 8.13. The van der Waals surface area contributed by atoms with Crippen molar-refractivity contribution in [3.63, 3.8) is 0 Å². The standard InChI is InChI=1S/C18H24F4N4O4/c19-14-2-1-3-15(26-16(27)6-23)13(14)5-4-11-7-24-8-12(30-11)9-29-17(28)25-10-18(20,21)22/h1-3,11-12,24H,4-10,23H2,(H,25,28)(H,26,27)/t11-,12+/m1/s1. The first-order chi connectivity index (χ1) is 14.2. The van der Waals surface area contributed by atoms with Crippen molar-refractivity contribution in [2.75, 3.05) is 38.1 Å². The molecule has 1 aromatic carbocycles. The molecule has 0 spiro atoms. The van der Waals surface area contributed by atoms with Crippen LogP contribution in [-0.4, -0.2) is 63.2 Å². The van der Waals surface area contributed by atoms with Crippen LogP contribution in [0.5, 0.6) is 0 Å². The SMILES string of the molecule is NCC(=O)Nc1cccc(F)c1CC[C@@H]1CNC[C@@H](COC(=O)NCC(F)(F)F)O1. The number of halogens is 4. The first kappa shape index (κ1) is 23.8. The number of ether oxygens (including phenoxy) is 2. The highest BCUT2D eigenvalue weighted by atomic mass is 19.4. The average molecular weight is 436 g/mol. The lowest BCUT2D eigenvalue weighted by atomic mass is 10.0. The molecule has 1 saturated heterocycles. The van der Waals surface area contributed by atoms with Gasteiger partial charge in [0.25, 0.3) is 0 Å². The van der Waals surface area contributed by atoms with Gasteiger partial charge in [0.05, 0.1) is 12.6 Å². The topological polar surface area (TPSA) is 115 Å². The second kappa shape index (κ2) is 11.1. The predicted molar refractivity (Wildman–Crippen MR) is 99.3 cm³/mol. The van der Waals surface area contributed by atoms with E-state index in [1.54, 1.807) is 11.4 Å². The molecule has 0 bridgehead atoms. The van der Waals surface area contributed by atoms with Gasteiger partial charge in [-0.05, 0) is 25.0 Å². The van der Waals surface area contributed by atoms with E-state index in [0.29, 0.717) is 30.8 Å². The Hall–Kier alpha value is -2.44. The summed E-state index contributed by atoms with van der Waals surface area (Å²) >= 11 is 0. The number of hydrogen-bond donors (Lipinski definition) is 4. The quantitative estimate of drug-likeness (QED) is 0.457. The molecule has 0 radical (unpaired) electrons. The van der Waals surface area contributed by atoms with Gasteiger partial charge in [0.15, 0.2) is 0 Å². The van der Waals surface area contributed by atoms with E-state index < -0.39 is 36.6 Å². The molecule has 0 saturated carbocycles. The van der Waals surface area contributed by atoms with Gasteiger partial charge in [-0.25, -0.2) is 9.18 Å². The number of rotatable bonds is 8. The zero-order valence-electron chi connectivity index (χ0n) is 16.1. The van der Waals surface area contributed by atoms with Gasteiger partial charge < -0.3 is 31.2 Å². The maximum atomic E-state index is 14.2. The minimum absolute atomic E-state index is 0.231. The molecule has 1 aliphatic heterocycles. The fourth-order valence-electron chi connectivity index (χ4n) is 2.87. The van der Waals surface area contributed by atoms with E-state index in [2.05, 4.69) is 10.6 Å². The Bertz CT molecular complexity index is 733. The molecule has 12 heteroatoms. The highest BCUT2D eigenvalue weighted by Gasteiger charge is 2.29. The molecule has 0 aromatic heterocycles. The van der Waals surface area contributed by atoms with Crippen LogP contribution in [0.25, 0.3) is 0 Å². The van der Waals surface area contributed by atoms with Crippen molar-refractivity contribution in [1.29, 1.82) is 0 Å². The van der Waals surface area contributed by atoms with Crippen LogP contribution in [0.4, 0.5) is 28.0 Å². The molecule has 0 aliphatic carbocycles. The number of amides is 2. The highest BCUT2D eigenvalue weighted by molar-refractivity contribution is 5.92. The van der Waals surface area contributed by atoms with E-state index >= 15 is 0 Å². The molecule has 168 valence electrons. The smallest absolute Gasteiger partial charge is 0.407 e. The molecule has 2 atom stereocenters.